The molecule has 2 aromatic carbocycles. The highest BCUT2D eigenvalue weighted by Gasteiger charge is 2.19. The van der Waals surface area contributed by atoms with Crippen molar-refractivity contribution in [1.82, 2.24) is 10.2 Å². The van der Waals surface area contributed by atoms with Crippen LogP contribution in [-0.4, -0.2) is 28.5 Å². The van der Waals surface area contributed by atoms with E-state index in [0.717, 1.165) is 11.1 Å². The number of aryl methyl sites for hydroxylation is 1. The van der Waals surface area contributed by atoms with E-state index in [1.165, 1.54) is 11.8 Å². The Kier molecular flexibility index (Phi) is 5.58. The number of amides is 1. The lowest BCUT2D eigenvalue weighted by Crippen LogP contribution is -2.22. The zero-order valence-corrected chi connectivity index (χ0v) is 15.5. The summed E-state index contributed by atoms with van der Waals surface area (Å²) in [4.78, 5) is 12.4. The number of hydrogen-bond acceptors (Lipinski definition) is 6. The predicted molar refractivity (Wildman–Crippen MR) is 101 cm³/mol. The van der Waals surface area contributed by atoms with Crippen molar-refractivity contribution in [1.29, 1.82) is 0 Å². The topological polar surface area (TPSA) is 77.2 Å². The lowest BCUT2D eigenvalue weighted by Gasteiger charge is -2.10. The zero-order chi connectivity index (χ0) is 18.5. The van der Waals surface area contributed by atoms with Gasteiger partial charge in [0.05, 0.1) is 12.4 Å². The minimum absolute atomic E-state index is 0.154. The Morgan fingerprint density at radius 1 is 1.19 bits per heavy atom. The molecule has 1 N–H and O–H groups in total. The maximum absolute atomic E-state index is 12.4. The Morgan fingerprint density at radius 2 is 1.96 bits per heavy atom. The van der Waals surface area contributed by atoms with Crippen molar-refractivity contribution in [2.75, 3.05) is 12.4 Å². The fourth-order valence-corrected chi connectivity index (χ4v) is 2.90. The number of hydrogen-bond donors (Lipinski definition) is 1. The minimum Gasteiger partial charge on any atom is -0.497 e. The molecule has 0 saturated carbocycles. The van der Waals surface area contributed by atoms with Crippen molar-refractivity contribution in [3.05, 3.63) is 54.1 Å². The summed E-state index contributed by atoms with van der Waals surface area (Å²) in [5.41, 5.74) is 2.68. The molecule has 1 aromatic heterocycles. The van der Waals surface area contributed by atoms with Crippen molar-refractivity contribution in [2.45, 2.75) is 24.3 Å². The van der Waals surface area contributed by atoms with Crippen molar-refractivity contribution in [3.8, 4) is 17.2 Å². The van der Waals surface area contributed by atoms with Crippen LogP contribution < -0.4 is 10.1 Å². The van der Waals surface area contributed by atoms with Crippen LogP contribution in [0.2, 0.25) is 0 Å². The summed E-state index contributed by atoms with van der Waals surface area (Å²) in [7, 11) is 1.58. The summed E-state index contributed by atoms with van der Waals surface area (Å²) in [5, 5.41) is 10.9. The Balaban J connectivity index is 1.63. The van der Waals surface area contributed by atoms with E-state index in [1.54, 1.807) is 26.2 Å². The third-order valence-corrected chi connectivity index (χ3v) is 4.62. The van der Waals surface area contributed by atoms with Gasteiger partial charge >= 0.3 is 0 Å². The largest absolute Gasteiger partial charge is 0.497 e. The average molecular weight is 369 g/mol. The van der Waals surface area contributed by atoms with Gasteiger partial charge < -0.3 is 14.5 Å². The van der Waals surface area contributed by atoms with E-state index in [0.29, 0.717) is 22.6 Å². The summed E-state index contributed by atoms with van der Waals surface area (Å²) in [6.45, 7) is 3.80. The van der Waals surface area contributed by atoms with E-state index in [2.05, 4.69) is 15.5 Å². The van der Waals surface area contributed by atoms with Gasteiger partial charge in [0.25, 0.3) is 5.22 Å². The van der Waals surface area contributed by atoms with Crippen molar-refractivity contribution >= 4 is 23.4 Å². The third kappa shape index (κ3) is 4.43. The number of carbonyl (C=O) groups is 1. The van der Waals surface area contributed by atoms with Crippen LogP contribution in [-0.2, 0) is 4.79 Å². The van der Waals surface area contributed by atoms with Crippen LogP contribution in [0.25, 0.3) is 11.5 Å². The first-order valence-electron chi connectivity index (χ1n) is 8.07. The second-order valence-electron chi connectivity index (χ2n) is 5.72. The fourth-order valence-electron chi connectivity index (χ4n) is 2.22. The standard InChI is InChI=1S/C19H19N3O3S/c1-12-7-9-14(10-8-12)18-21-22-19(25-18)26-13(2)17(23)20-15-5-4-6-16(11-15)24-3/h4-11,13H,1-3H3,(H,20,23). The first-order chi connectivity index (χ1) is 12.5. The van der Waals surface area contributed by atoms with Gasteiger partial charge in [0.2, 0.25) is 11.8 Å². The lowest BCUT2D eigenvalue weighted by atomic mass is 10.1. The monoisotopic (exact) mass is 369 g/mol. The summed E-state index contributed by atoms with van der Waals surface area (Å²) < 4.78 is 10.8. The third-order valence-electron chi connectivity index (χ3n) is 3.69. The first kappa shape index (κ1) is 18.0. The fraction of sp³-hybridized carbons (Fsp3) is 0.211. The number of anilines is 1. The molecule has 134 valence electrons. The number of ether oxygens (including phenoxy) is 1. The molecule has 3 rings (SSSR count). The van der Waals surface area contributed by atoms with Crippen molar-refractivity contribution in [3.63, 3.8) is 0 Å². The van der Waals surface area contributed by atoms with Crippen LogP contribution in [0.5, 0.6) is 5.75 Å². The molecule has 0 aliphatic carbocycles. The SMILES string of the molecule is COc1cccc(NC(=O)C(C)Sc2nnc(-c3ccc(C)cc3)o2)c1. The van der Waals surface area contributed by atoms with Crippen LogP contribution in [0.15, 0.2) is 58.2 Å². The second-order valence-corrected chi connectivity index (χ2v) is 7.01. The number of rotatable bonds is 6. The molecule has 26 heavy (non-hydrogen) atoms. The number of thioether (sulfide) groups is 1. The molecule has 0 fully saturated rings. The smallest absolute Gasteiger partial charge is 0.277 e. The number of carbonyl (C=O) groups excluding carboxylic acids is 1. The maximum atomic E-state index is 12.4. The molecule has 0 aliphatic heterocycles. The number of nitrogens with one attached hydrogen (secondary N) is 1. The highest BCUT2D eigenvalue weighted by molar-refractivity contribution is 8.00. The Bertz CT molecular complexity index is 893. The van der Waals surface area contributed by atoms with Gasteiger partial charge in [-0.1, -0.05) is 35.5 Å². The molecule has 1 unspecified atom stereocenters. The van der Waals surface area contributed by atoms with Crippen LogP contribution in [0, 0.1) is 6.92 Å². The molecule has 1 atom stereocenters. The molecule has 0 saturated heterocycles. The number of nitrogens with zero attached hydrogens (tertiary/aromatic N) is 2. The second kappa shape index (κ2) is 8.05. The molecule has 0 radical (unpaired) electrons. The molecule has 7 heteroatoms. The van der Waals surface area contributed by atoms with Crippen LogP contribution in [0.4, 0.5) is 5.69 Å². The van der Waals surface area contributed by atoms with Crippen molar-refractivity contribution in [2.24, 2.45) is 0 Å². The maximum Gasteiger partial charge on any atom is 0.277 e. The quantitative estimate of drug-likeness (QED) is 0.657. The van der Waals surface area contributed by atoms with E-state index < -0.39 is 5.25 Å². The van der Waals surface area contributed by atoms with E-state index in [4.69, 9.17) is 9.15 Å². The Morgan fingerprint density at radius 3 is 2.69 bits per heavy atom. The van der Waals surface area contributed by atoms with Gasteiger partial charge in [0.1, 0.15) is 5.75 Å². The molecular formula is C19H19N3O3S. The normalized spacial score (nSPS) is 11.8. The van der Waals surface area contributed by atoms with Gasteiger partial charge in [-0.2, -0.15) is 0 Å². The summed E-state index contributed by atoms with van der Waals surface area (Å²) >= 11 is 1.22. The van der Waals surface area contributed by atoms with E-state index in [1.807, 2.05) is 43.3 Å². The molecule has 1 amide bonds. The van der Waals surface area contributed by atoms with Gasteiger partial charge in [-0.05, 0) is 38.1 Å². The predicted octanol–water partition coefficient (Wildman–Crippen LogP) is 4.17. The van der Waals surface area contributed by atoms with Gasteiger partial charge in [-0.3, -0.25) is 4.79 Å². The van der Waals surface area contributed by atoms with Gasteiger partial charge in [-0.25, -0.2) is 0 Å². The van der Waals surface area contributed by atoms with Gasteiger partial charge in [0.15, 0.2) is 0 Å². The van der Waals surface area contributed by atoms with Crippen LogP contribution in [0.1, 0.15) is 12.5 Å². The molecule has 0 bridgehead atoms. The highest BCUT2D eigenvalue weighted by atomic mass is 32.2. The molecule has 0 spiro atoms. The van der Waals surface area contributed by atoms with Crippen LogP contribution >= 0.6 is 11.8 Å². The Hall–Kier alpha value is -2.80. The first-order valence-corrected chi connectivity index (χ1v) is 8.95. The zero-order valence-electron chi connectivity index (χ0n) is 14.7. The minimum atomic E-state index is -0.396. The van der Waals surface area contributed by atoms with E-state index in [-0.39, 0.29) is 5.91 Å². The van der Waals surface area contributed by atoms with Gasteiger partial charge in [-0.15, -0.1) is 10.2 Å². The van der Waals surface area contributed by atoms with E-state index in [9.17, 15) is 4.79 Å². The molecule has 0 aliphatic rings. The molecular weight excluding hydrogens is 350 g/mol. The van der Waals surface area contributed by atoms with E-state index >= 15 is 0 Å². The van der Waals surface area contributed by atoms with Crippen molar-refractivity contribution < 1.29 is 13.9 Å². The van der Waals surface area contributed by atoms with Gasteiger partial charge in [0, 0.05) is 17.3 Å². The number of benzene rings is 2. The number of aromatic nitrogens is 2. The summed E-state index contributed by atoms with van der Waals surface area (Å²) in [5.74, 6) is 0.967. The number of methoxy groups -OCH3 is 1. The Labute approximate surface area is 156 Å². The average Bonchev–Trinajstić information content (AvgIpc) is 3.11. The lowest BCUT2D eigenvalue weighted by molar-refractivity contribution is -0.115. The summed E-state index contributed by atoms with van der Waals surface area (Å²) in [6, 6.07) is 15.0. The molecule has 1 heterocycles. The van der Waals surface area contributed by atoms with Crippen LogP contribution in [0.3, 0.4) is 0 Å². The summed E-state index contributed by atoms with van der Waals surface area (Å²) in [6.07, 6.45) is 0. The highest BCUT2D eigenvalue weighted by Crippen LogP contribution is 2.27. The molecule has 3 aromatic rings. The molecule has 6 nitrogen and oxygen atoms in total.